The normalized spacial score (nSPS) is 12.5. The minimum absolute atomic E-state index is 0.0865. The van der Waals surface area contributed by atoms with Crippen molar-refractivity contribution in [2.45, 2.75) is 13.0 Å². The third-order valence-electron chi connectivity index (χ3n) is 3.10. The minimum atomic E-state index is -0.478. The van der Waals surface area contributed by atoms with Crippen molar-refractivity contribution >= 4 is 11.6 Å². The molecule has 0 aliphatic rings. The second-order valence-corrected chi connectivity index (χ2v) is 4.84. The standard InChI is InChI=1S/C15H14ClF2N/c1-9(19-2)10-3-4-15(18)14(7-10)11-5-12(16)8-13(17)6-11/h3-9,19H,1-2H3. The molecule has 100 valence electrons. The molecule has 2 aromatic carbocycles. The molecule has 0 fully saturated rings. The van der Waals surface area contributed by atoms with E-state index in [0.717, 1.165) is 5.56 Å². The molecule has 0 aliphatic carbocycles. The lowest BCUT2D eigenvalue weighted by molar-refractivity contribution is 0.619. The highest BCUT2D eigenvalue weighted by Crippen LogP contribution is 2.29. The highest BCUT2D eigenvalue weighted by atomic mass is 35.5. The second kappa shape index (κ2) is 5.68. The van der Waals surface area contributed by atoms with Gasteiger partial charge in [-0.2, -0.15) is 0 Å². The van der Waals surface area contributed by atoms with Crippen molar-refractivity contribution in [3.8, 4) is 11.1 Å². The molecule has 0 aromatic heterocycles. The number of benzene rings is 2. The molecule has 1 unspecified atom stereocenters. The maximum absolute atomic E-state index is 13.9. The zero-order valence-electron chi connectivity index (χ0n) is 10.7. The number of hydrogen-bond acceptors (Lipinski definition) is 1. The lowest BCUT2D eigenvalue weighted by Gasteiger charge is -2.13. The Balaban J connectivity index is 2.54. The first kappa shape index (κ1) is 14.0. The van der Waals surface area contributed by atoms with E-state index in [-0.39, 0.29) is 11.1 Å². The molecule has 19 heavy (non-hydrogen) atoms. The first-order chi connectivity index (χ1) is 9.01. The summed E-state index contributed by atoms with van der Waals surface area (Å²) in [5, 5.41) is 3.33. The monoisotopic (exact) mass is 281 g/mol. The molecule has 0 radical (unpaired) electrons. The van der Waals surface area contributed by atoms with E-state index in [2.05, 4.69) is 5.32 Å². The summed E-state index contributed by atoms with van der Waals surface area (Å²) in [4.78, 5) is 0. The van der Waals surface area contributed by atoms with Gasteiger partial charge in [-0.05, 0) is 55.4 Å². The summed E-state index contributed by atoms with van der Waals surface area (Å²) in [6.07, 6.45) is 0. The Morgan fingerprint density at radius 1 is 1.11 bits per heavy atom. The van der Waals surface area contributed by atoms with E-state index < -0.39 is 11.6 Å². The van der Waals surface area contributed by atoms with Gasteiger partial charge in [-0.15, -0.1) is 0 Å². The largest absolute Gasteiger partial charge is 0.313 e. The molecule has 4 heteroatoms. The number of halogens is 3. The Hall–Kier alpha value is -1.45. The van der Waals surface area contributed by atoms with E-state index in [1.807, 2.05) is 14.0 Å². The van der Waals surface area contributed by atoms with E-state index in [0.29, 0.717) is 11.1 Å². The van der Waals surface area contributed by atoms with Crippen LogP contribution < -0.4 is 5.32 Å². The van der Waals surface area contributed by atoms with Crippen molar-refractivity contribution in [3.63, 3.8) is 0 Å². The quantitative estimate of drug-likeness (QED) is 0.869. The molecule has 0 spiro atoms. The molecular weight excluding hydrogens is 268 g/mol. The molecule has 0 saturated heterocycles. The first-order valence-corrected chi connectivity index (χ1v) is 6.32. The fraction of sp³-hybridized carbons (Fsp3) is 0.200. The third-order valence-corrected chi connectivity index (χ3v) is 3.32. The van der Waals surface area contributed by atoms with Gasteiger partial charge in [-0.25, -0.2) is 8.78 Å². The third kappa shape index (κ3) is 3.11. The van der Waals surface area contributed by atoms with E-state index in [4.69, 9.17) is 11.6 Å². The predicted octanol–water partition coefficient (Wildman–Crippen LogP) is 4.57. The van der Waals surface area contributed by atoms with Crippen LogP contribution in [0.3, 0.4) is 0 Å². The molecule has 0 aliphatic heterocycles. The Bertz CT molecular complexity index is 578. The van der Waals surface area contributed by atoms with Gasteiger partial charge in [-0.1, -0.05) is 17.7 Å². The van der Waals surface area contributed by atoms with Crippen LogP contribution in [0, 0.1) is 11.6 Å². The molecule has 1 N–H and O–H groups in total. The Labute approximate surface area is 116 Å². The fourth-order valence-corrected chi connectivity index (χ4v) is 2.13. The number of nitrogens with one attached hydrogen (secondary N) is 1. The Kier molecular flexibility index (Phi) is 4.17. The SMILES string of the molecule is CNC(C)c1ccc(F)c(-c2cc(F)cc(Cl)c2)c1. The molecule has 2 aromatic rings. The smallest absolute Gasteiger partial charge is 0.131 e. The maximum Gasteiger partial charge on any atom is 0.131 e. The van der Waals surface area contributed by atoms with Crippen LogP contribution in [0.25, 0.3) is 11.1 Å². The highest BCUT2D eigenvalue weighted by Gasteiger charge is 2.11. The van der Waals surface area contributed by atoms with Crippen molar-refractivity contribution in [2.24, 2.45) is 0 Å². The predicted molar refractivity (Wildman–Crippen MR) is 74.3 cm³/mol. The van der Waals surface area contributed by atoms with Gasteiger partial charge >= 0.3 is 0 Å². The van der Waals surface area contributed by atoms with Crippen molar-refractivity contribution in [1.29, 1.82) is 0 Å². The second-order valence-electron chi connectivity index (χ2n) is 4.41. The summed E-state index contributed by atoms with van der Waals surface area (Å²) in [6.45, 7) is 1.97. The molecule has 0 amide bonds. The van der Waals surface area contributed by atoms with E-state index >= 15 is 0 Å². The lowest BCUT2D eigenvalue weighted by Crippen LogP contribution is -2.12. The highest BCUT2D eigenvalue weighted by molar-refractivity contribution is 6.30. The summed E-state index contributed by atoms with van der Waals surface area (Å²) in [6, 6.07) is 8.92. The van der Waals surface area contributed by atoms with Crippen LogP contribution in [-0.2, 0) is 0 Å². The van der Waals surface area contributed by atoms with Crippen LogP contribution in [-0.4, -0.2) is 7.05 Å². The number of hydrogen-bond donors (Lipinski definition) is 1. The molecule has 1 nitrogen and oxygen atoms in total. The molecular formula is C15H14ClF2N. The zero-order chi connectivity index (χ0) is 14.0. The van der Waals surface area contributed by atoms with Crippen LogP contribution in [0.5, 0.6) is 0 Å². The average molecular weight is 282 g/mol. The lowest BCUT2D eigenvalue weighted by atomic mass is 9.99. The van der Waals surface area contributed by atoms with E-state index in [9.17, 15) is 8.78 Å². The van der Waals surface area contributed by atoms with Gasteiger partial charge < -0.3 is 5.32 Å². The molecule has 2 rings (SSSR count). The van der Waals surface area contributed by atoms with Crippen LogP contribution in [0.2, 0.25) is 5.02 Å². The fourth-order valence-electron chi connectivity index (χ4n) is 1.91. The Morgan fingerprint density at radius 2 is 1.84 bits per heavy atom. The topological polar surface area (TPSA) is 12.0 Å². The van der Waals surface area contributed by atoms with Gasteiger partial charge in [0.25, 0.3) is 0 Å². The summed E-state index contributed by atoms with van der Waals surface area (Å²) < 4.78 is 27.3. The van der Waals surface area contributed by atoms with Crippen LogP contribution >= 0.6 is 11.6 Å². The van der Waals surface area contributed by atoms with Gasteiger partial charge in [0.15, 0.2) is 0 Å². The van der Waals surface area contributed by atoms with Crippen molar-refractivity contribution in [1.82, 2.24) is 5.32 Å². The van der Waals surface area contributed by atoms with Gasteiger partial charge in [0.2, 0.25) is 0 Å². The van der Waals surface area contributed by atoms with Crippen molar-refractivity contribution in [3.05, 3.63) is 58.6 Å². The average Bonchev–Trinajstić information content (AvgIpc) is 2.37. The van der Waals surface area contributed by atoms with Gasteiger partial charge in [0.05, 0.1) is 0 Å². The van der Waals surface area contributed by atoms with Gasteiger partial charge in [0, 0.05) is 16.6 Å². The van der Waals surface area contributed by atoms with E-state index in [1.54, 1.807) is 18.2 Å². The van der Waals surface area contributed by atoms with Crippen molar-refractivity contribution in [2.75, 3.05) is 7.05 Å². The molecule has 0 saturated carbocycles. The summed E-state index contributed by atoms with van der Waals surface area (Å²) >= 11 is 5.81. The minimum Gasteiger partial charge on any atom is -0.313 e. The van der Waals surface area contributed by atoms with Crippen LogP contribution in [0.15, 0.2) is 36.4 Å². The van der Waals surface area contributed by atoms with Gasteiger partial charge in [0.1, 0.15) is 11.6 Å². The Morgan fingerprint density at radius 3 is 2.47 bits per heavy atom. The number of rotatable bonds is 3. The maximum atomic E-state index is 13.9. The molecule has 0 heterocycles. The van der Waals surface area contributed by atoms with E-state index in [1.165, 1.54) is 18.2 Å². The molecule has 0 bridgehead atoms. The molecule has 1 atom stereocenters. The summed E-state index contributed by atoms with van der Waals surface area (Å²) in [5.74, 6) is -0.873. The summed E-state index contributed by atoms with van der Waals surface area (Å²) in [5.41, 5.74) is 1.72. The van der Waals surface area contributed by atoms with Gasteiger partial charge in [-0.3, -0.25) is 0 Å². The first-order valence-electron chi connectivity index (χ1n) is 5.94. The van der Waals surface area contributed by atoms with Crippen LogP contribution in [0.4, 0.5) is 8.78 Å². The van der Waals surface area contributed by atoms with Crippen LogP contribution in [0.1, 0.15) is 18.5 Å². The zero-order valence-corrected chi connectivity index (χ0v) is 11.4. The van der Waals surface area contributed by atoms with Crippen molar-refractivity contribution < 1.29 is 8.78 Å². The summed E-state index contributed by atoms with van der Waals surface area (Å²) in [7, 11) is 1.83.